The van der Waals surface area contributed by atoms with Crippen LogP contribution in [-0.4, -0.2) is 0 Å². The van der Waals surface area contributed by atoms with Crippen LogP contribution in [-0.2, 0) is 19.4 Å². The molecule has 0 fully saturated rings. The zero-order valence-electron chi connectivity index (χ0n) is 14.1. The number of halogens is 1. The molecule has 1 aromatic heterocycles. The van der Waals surface area contributed by atoms with Gasteiger partial charge in [-0.05, 0) is 73.6 Å². The van der Waals surface area contributed by atoms with Crippen molar-refractivity contribution in [1.82, 2.24) is 0 Å². The first kappa shape index (κ1) is 16.4. The predicted molar refractivity (Wildman–Crippen MR) is 102 cm³/mol. The van der Waals surface area contributed by atoms with E-state index in [1.807, 2.05) is 43.3 Å². The van der Waals surface area contributed by atoms with Crippen molar-refractivity contribution in [3.63, 3.8) is 0 Å². The topological polar surface area (TPSA) is 39.4 Å². The summed E-state index contributed by atoms with van der Waals surface area (Å²) in [5.41, 5.74) is 4.52. The van der Waals surface area contributed by atoms with Crippen LogP contribution >= 0.6 is 15.9 Å². The van der Waals surface area contributed by atoms with Gasteiger partial charge < -0.3 is 9.15 Å². The lowest BCUT2D eigenvalue weighted by atomic mass is 9.90. The quantitative estimate of drug-likeness (QED) is 0.560. The number of aryl methyl sites for hydroxylation is 2. The molecule has 4 rings (SSSR count). The Bertz CT molecular complexity index is 987. The number of rotatable bonds is 3. The Labute approximate surface area is 154 Å². The summed E-state index contributed by atoms with van der Waals surface area (Å²) in [6, 6.07) is 12.1. The van der Waals surface area contributed by atoms with Crippen LogP contribution in [0.2, 0.25) is 0 Å². The molecule has 1 aliphatic rings. The summed E-state index contributed by atoms with van der Waals surface area (Å²) in [6.07, 6.45) is 3.86. The molecule has 0 unspecified atom stereocenters. The van der Waals surface area contributed by atoms with Crippen molar-refractivity contribution in [1.29, 1.82) is 0 Å². The summed E-state index contributed by atoms with van der Waals surface area (Å²) in [7, 11) is 0. The van der Waals surface area contributed by atoms with E-state index in [-0.39, 0.29) is 5.63 Å². The highest BCUT2D eigenvalue weighted by Crippen LogP contribution is 2.35. The van der Waals surface area contributed by atoms with Gasteiger partial charge in [-0.25, -0.2) is 4.79 Å². The van der Waals surface area contributed by atoms with Crippen LogP contribution in [0.4, 0.5) is 0 Å². The molecule has 128 valence electrons. The average molecular weight is 399 g/mol. The number of hydrogen-bond donors (Lipinski definition) is 0. The Hall–Kier alpha value is -2.07. The average Bonchev–Trinajstić information content (AvgIpc) is 2.61. The van der Waals surface area contributed by atoms with Gasteiger partial charge in [0.2, 0.25) is 0 Å². The lowest BCUT2D eigenvalue weighted by molar-refractivity contribution is 0.309. The van der Waals surface area contributed by atoms with Crippen LogP contribution in [0.25, 0.3) is 11.0 Å². The minimum absolute atomic E-state index is 0.188. The van der Waals surface area contributed by atoms with E-state index in [9.17, 15) is 4.79 Å². The second-order valence-corrected chi connectivity index (χ2v) is 7.52. The maximum absolute atomic E-state index is 12.3. The van der Waals surface area contributed by atoms with Gasteiger partial charge in [-0.2, -0.15) is 0 Å². The van der Waals surface area contributed by atoms with Crippen LogP contribution < -0.4 is 10.4 Å². The molecule has 0 atom stereocenters. The Morgan fingerprint density at radius 2 is 1.80 bits per heavy atom. The van der Waals surface area contributed by atoms with Gasteiger partial charge in [0, 0.05) is 10.0 Å². The molecule has 0 saturated carbocycles. The monoisotopic (exact) mass is 398 g/mol. The molecule has 0 aliphatic heterocycles. The van der Waals surface area contributed by atoms with E-state index in [1.54, 1.807) is 0 Å². The molecule has 3 nitrogen and oxygen atoms in total. The van der Waals surface area contributed by atoms with Crippen LogP contribution in [0, 0.1) is 6.92 Å². The predicted octanol–water partition coefficient (Wildman–Crippen LogP) is 5.32. The lowest BCUT2D eigenvalue weighted by Crippen LogP contribution is -2.16. The maximum Gasteiger partial charge on any atom is 0.339 e. The third-order valence-corrected chi connectivity index (χ3v) is 5.27. The highest BCUT2D eigenvalue weighted by molar-refractivity contribution is 9.10. The van der Waals surface area contributed by atoms with Crippen molar-refractivity contribution in [2.45, 2.75) is 39.2 Å². The third-order valence-electron chi connectivity index (χ3n) is 4.74. The molecule has 0 bridgehead atoms. The molecule has 2 aromatic carbocycles. The van der Waals surface area contributed by atoms with Gasteiger partial charge in [-0.3, -0.25) is 0 Å². The first-order chi connectivity index (χ1) is 12.1. The Morgan fingerprint density at radius 1 is 1.08 bits per heavy atom. The van der Waals surface area contributed by atoms with Crippen LogP contribution in [0.5, 0.6) is 5.75 Å². The second kappa shape index (κ2) is 6.68. The molecule has 1 aliphatic carbocycles. The van der Waals surface area contributed by atoms with Gasteiger partial charge >= 0.3 is 5.63 Å². The Kier molecular flexibility index (Phi) is 4.38. The van der Waals surface area contributed by atoms with E-state index in [1.165, 1.54) is 0 Å². The Morgan fingerprint density at radius 3 is 2.56 bits per heavy atom. The van der Waals surface area contributed by atoms with Crippen LogP contribution in [0.3, 0.4) is 0 Å². The smallest absolute Gasteiger partial charge is 0.339 e. The normalized spacial score (nSPS) is 13.7. The van der Waals surface area contributed by atoms with E-state index >= 15 is 0 Å². The zero-order chi connectivity index (χ0) is 17.4. The molecule has 0 N–H and O–H groups in total. The van der Waals surface area contributed by atoms with Gasteiger partial charge in [0.1, 0.15) is 17.9 Å². The van der Waals surface area contributed by atoms with E-state index in [0.29, 0.717) is 12.2 Å². The Balaban J connectivity index is 1.79. The van der Waals surface area contributed by atoms with Crippen molar-refractivity contribution in [2.24, 2.45) is 0 Å². The first-order valence-corrected chi connectivity index (χ1v) is 9.37. The highest BCUT2D eigenvalue weighted by Gasteiger charge is 2.21. The van der Waals surface area contributed by atoms with Gasteiger partial charge in [-0.1, -0.05) is 28.1 Å². The van der Waals surface area contributed by atoms with Gasteiger partial charge in [-0.15, -0.1) is 0 Å². The largest absolute Gasteiger partial charge is 0.488 e. The number of hydrogen-bond acceptors (Lipinski definition) is 3. The zero-order valence-corrected chi connectivity index (χ0v) is 15.7. The molecule has 25 heavy (non-hydrogen) atoms. The minimum atomic E-state index is -0.188. The molecule has 0 spiro atoms. The fourth-order valence-corrected chi connectivity index (χ4v) is 3.79. The summed E-state index contributed by atoms with van der Waals surface area (Å²) in [5.74, 6) is 0.805. The molecule has 3 aromatic rings. The molecular formula is C21H19BrO3. The molecular weight excluding hydrogens is 380 g/mol. The molecule has 0 saturated heterocycles. The number of fused-ring (bicyclic) bond motifs is 3. The molecule has 0 radical (unpaired) electrons. The standard InChI is InChI=1S/C21H19BrO3/c1-13-10-18(24-12-14-6-8-15(22)9-7-14)20-16-4-2-3-5-17(16)21(23)25-19(20)11-13/h6-11H,2-5,12H2,1H3. The maximum atomic E-state index is 12.3. The first-order valence-electron chi connectivity index (χ1n) is 8.58. The minimum Gasteiger partial charge on any atom is -0.488 e. The SMILES string of the molecule is Cc1cc(OCc2ccc(Br)cc2)c2c3c(c(=O)oc2c1)CCCC3. The summed E-state index contributed by atoms with van der Waals surface area (Å²) in [5, 5.41) is 0.969. The fourth-order valence-electron chi connectivity index (χ4n) is 3.52. The summed E-state index contributed by atoms with van der Waals surface area (Å²) in [4.78, 5) is 12.3. The fraction of sp³-hybridized carbons (Fsp3) is 0.286. The molecule has 4 heteroatoms. The van der Waals surface area contributed by atoms with Crippen molar-refractivity contribution in [3.05, 3.63) is 73.5 Å². The van der Waals surface area contributed by atoms with E-state index < -0.39 is 0 Å². The van der Waals surface area contributed by atoms with Crippen molar-refractivity contribution < 1.29 is 9.15 Å². The molecule has 0 amide bonds. The second-order valence-electron chi connectivity index (χ2n) is 6.61. The van der Waals surface area contributed by atoms with Crippen LogP contribution in [0.15, 0.2) is 50.1 Å². The van der Waals surface area contributed by atoms with Gasteiger partial charge in [0.05, 0.1) is 5.39 Å². The summed E-state index contributed by atoms with van der Waals surface area (Å²) >= 11 is 3.45. The van der Waals surface area contributed by atoms with Crippen molar-refractivity contribution >= 4 is 26.9 Å². The number of benzene rings is 2. The van der Waals surface area contributed by atoms with Crippen LogP contribution in [0.1, 0.15) is 35.1 Å². The van der Waals surface area contributed by atoms with E-state index in [0.717, 1.165) is 63.5 Å². The van der Waals surface area contributed by atoms with Gasteiger partial charge in [0.25, 0.3) is 0 Å². The lowest BCUT2D eigenvalue weighted by Gasteiger charge is -2.19. The number of ether oxygens (including phenoxy) is 1. The summed E-state index contributed by atoms with van der Waals surface area (Å²) < 4.78 is 12.8. The van der Waals surface area contributed by atoms with Crippen molar-refractivity contribution in [3.8, 4) is 5.75 Å². The van der Waals surface area contributed by atoms with Crippen molar-refractivity contribution in [2.75, 3.05) is 0 Å². The van der Waals surface area contributed by atoms with E-state index in [4.69, 9.17) is 9.15 Å². The molecule has 1 heterocycles. The summed E-state index contributed by atoms with van der Waals surface area (Å²) in [6.45, 7) is 2.48. The third kappa shape index (κ3) is 3.23. The van der Waals surface area contributed by atoms with E-state index in [2.05, 4.69) is 15.9 Å². The highest BCUT2D eigenvalue weighted by atomic mass is 79.9. The van der Waals surface area contributed by atoms with Gasteiger partial charge in [0.15, 0.2) is 0 Å².